The molecule has 0 fully saturated rings. The first-order valence-corrected chi connectivity index (χ1v) is 14.8. The highest BCUT2D eigenvalue weighted by molar-refractivity contribution is 9.10. The molecule has 5 aromatic rings. The molecular formula is C32H23BrClN3O5S. The van der Waals surface area contributed by atoms with Gasteiger partial charge in [-0.25, -0.2) is 10.2 Å². The van der Waals surface area contributed by atoms with E-state index in [4.69, 9.17) is 21.1 Å². The second-order valence-corrected chi connectivity index (χ2v) is 11.6. The minimum atomic E-state index is -0.555. The molecule has 216 valence electrons. The summed E-state index contributed by atoms with van der Waals surface area (Å²) in [6, 6.07) is 23.8. The van der Waals surface area contributed by atoms with Crippen molar-refractivity contribution in [2.24, 2.45) is 5.10 Å². The van der Waals surface area contributed by atoms with E-state index in [0.29, 0.717) is 38.0 Å². The molecule has 8 nitrogen and oxygen atoms in total. The zero-order chi connectivity index (χ0) is 30.5. The molecule has 2 N–H and O–H groups in total. The number of hydrazone groups is 1. The molecule has 0 unspecified atom stereocenters. The summed E-state index contributed by atoms with van der Waals surface area (Å²) in [6.07, 6.45) is 1.38. The number of methoxy groups -OCH3 is 1. The van der Waals surface area contributed by atoms with E-state index in [-0.39, 0.29) is 11.7 Å². The molecule has 5 rings (SSSR count). The van der Waals surface area contributed by atoms with Gasteiger partial charge in [0, 0.05) is 31.4 Å². The van der Waals surface area contributed by atoms with Gasteiger partial charge in [0.15, 0.2) is 0 Å². The Morgan fingerprint density at radius 1 is 0.907 bits per heavy atom. The molecule has 0 aliphatic rings. The highest BCUT2D eigenvalue weighted by atomic mass is 79.9. The molecule has 1 heterocycles. The fourth-order valence-electron chi connectivity index (χ4n) is 4.04. The van der Waals surface area contributed by atoms with E-state index >= 15 is 0 Å². The first-order valence-electron chi connectivity index (χ1n) is 12.8. The molecule has 0 radical (unpaired) electrons. The summed E-state index contributed by atoms with van der Waals surface area (Å²) in [5.41, 5.74) is 5.19. The Balaban J connectivity index is 1.21. The number of thiophene rings is 1. The fourth-order valence-corrected chi connectivity index (χ4v) is 5.92. The molecule has 1 aromatic heterocycles. The summed E-state index contributed by atoms with van der Waals surface area (Å²) in [5.74, 6) is -0.473. The lowest BCUT2D eigenvalue weighted by molar-refractivity contribution is 0.0733. The minimum absolute atomic E-state index is 0.260. The Kier molecular flexibility index (Phi) is 9.20. The molecule has 0 aliphatic heterocycles. The molecule has 0 atom stereocenters. The van der Waals surface area contributed by atoms with Crippen molar-refractivity contribution in [3.05, 3.63) is 122 Å². The molecule has 0 saturated heterocycles. The van der Waals surface area contributed by atoms with Crippen LogP contribution in [0.1, 0.15) is 41.5 Å². The Morgan fingerprint density at radius 3 is 2.35 bits per heavy atom. The van der Waals surface area contributed by atoms with Crippen LogP contribution < -0.4 is 20.2 Å². The van der Waals surface area contributed by atoms with Gasteiger partial charge in [-0.05, 0) is 85.3 Å². The maximum absolute atomic E-state index is 12.9. The van der Waals surface area contributed by atoms with Gasteiger partial charge in [-0.2, -0.15) is 5.10 Å². The van der Waals surface area contributed by atoms with Crippen molar-refractivity contribution in [2.45, 2.75) is 6.92 Å². The number of nitrogens with zero attached hydrogens (tertiary/aromatic N) is 1. The van der Waals surface area contributed by atoms with Gasteiger partial charge in [-0.15, -0.1) is 11.3 Å². The van der Waals surface area contributed by atoms with Crippen molar-refractivity contribution in [1.29, 1.82) is 0 Å². The van der Waals surface area contributed by atoms with E-state index in [1.54, 1.807) is 73.8 Å². The van der Waals surface area contributed by atoms with Crippen LogP contribution in [-0.2, 0) is 0 Å². The van der Waals surface area contributed by atoms with Crippen molar-refractivity contribution in [2.75, 3.05) is 12.4 Å². The summed E-state index contributed by atoms with van der Waals surface area (Å²) in [4.78, 5) is 38.6. The molecule has 0 spiro atoms. The largest absolute Gasteiger partial charge is 0.497 e. The molecule has 11 heteroatoms. The molecule has 2 amide bonds. The SMILES string of the molecule is COc1ccc(C(=O)Oc2ccc(Br)cc2/C=N\NC(=O)c2ccc(NC(=O)c3sc4cc(C)ccc4c3Cl)cc2)cc1. The number of carbonyl (C=O) groups excluding carboxylic acids is 3. The molecule has 4 aromatic carbocycles. The number of benzene rings is 4. The maximum atomic E-state index is 12.9. The predicted molar refractivity (Wildman–Crippen MR) is 173 cm³/mol. The third-order valence-corrected chi connectivity index (χ3v) is 8.42. The molecule has 0 bridgehead atoms. The molecule has 0 saturated carbocycles. The third kappa shape index (κ3) is 7.11. The molecule has 0 aliphatic carbocycles. The smallest absolute Gasteiger partial charge is 0.343 e. The number of hydrogen-bond acceptors (Lipinski definition) is 7. The quantitative estimate of drug-likeness (QED) is 0.0753. The van der Waals surface area contributed by atoms with E-state index in [1.807, 2.05) is 25.1 Å². The Bertz CT molecular complexity index is 1870. The van der Waals surface area contributed by atoms with E-state index in [9.17, 15) is 14.4 Å². The number of carbonyl (C=O) groups is 3. The van der Waals surface area contributed by atoms with Crippen molar-refractivity contribution >= 4 is 78.6 Å². The topological polar surface area (TPSA) is 106 Å². The van der Waals surface area contributed by atoms with Crippen LogP contribution >= 0.6 is 38.9 Å². The number of nitrogens with one attached hydrogen (secondary N) is 2. The lowest BCUT2D eigenvalue weighted by atomic mass is 10.2. The van der Waals surface area contributed by atoms with Gasteiger partial charge in [0.1, 0.15) is 16.4 Å². The summed E-state index contributed by atoms with van der Waals surface area (Å²) >= 11 is 11.2. The summed E-state index contributed by atoms with van der Waals surface area (Å²) < 4.78 is 12.3. The van der Waals surface area contributed by atoms with E-state index in [0.717, 1.165) is 20.1 Å². The number of amides is 2. The zero-order valence-corrected chi connectivity index (χ0v) is 26.0. The number of esters is 1. The van der Waals surface area contributed by atoms with E-state index < -0.39 is 11.9 Å². The number of anilines is 1. The highest BCUT2D eigenvalue weighted by Crippen LogP contribution is 2.36. The van der Waals surface area contributed by atoms with Crippen LogP contribution in [0, 0.1) is 6.92 Å². The summed E-state index contributed by atoms with van der Waals surface area (Å²) in [7, 11) is 1.54. The number of ether oxygens (including phenoxy) is 2. The first-order chi connectivity index (χ1) is 20.7. The second-order valence-electron chi connectivity index (χ2n) is 9.28. The molecule has 43 heavy (non-hydrogen) atoms. The maximum Gasteiger partial charge on any atom is 0.343 e. The van der Waals surface area contributed by atoms with Crippen LogP contribution in [0.3, 0.4) is 0 Å². The number of aryl methyl sites for hydroxylation is 1. The van der Waals surface area contributed by atoms with Crippen molar-refractivity contribution < 1.29 is 23.9 Å². The van der Waals surface area contributed by atoms with E-state index in [1.165, 1.54) is 17.6 Å². The van der Waals surface area contributed by atoms with Crippen LogP contribution in [0.4, 0.5) is 5.69 Å². The van der Waals surface area contributed by atoms with Gasteiger partial charge in [-0.3, -0.25) is 9.59 Å². The van der Waals surface area contributed by atoms with Crippen LogP contribution in [0.25, 0.3) is 10.1 Å². The van der Waals surface area contributed by atoms with Crippen molar-refractivity contribution in [3.8, 4) is 11.5 Å². The summed E-state index contributed by atoms with van der Waals surface area (Å²) in [5, 5.41) is 8.10. The van der Waals surface area contributed by atoms with Gasteiger partial charge in [0.05, 0.1) is 23.9 Å². The lowest BCUT2D eigenvalue weighted by Crippen LogP contribution is -2.18. The number of halogens is 2. The van der Waals surface area contributed by atoms with Gasteiger partial charge in [0.25, 0.3) is 11.8 Å². The average Bonchev–Trinajstić information content (AvgIpc) is 3.33. The van der Waals surface area contributed by atoms with Gasteiger partial charge in [-0.1, -0.05) is 39.7 Å². The van der Waals surface area contributed by atoms with Crippen molar-refractivity contribution in [1.82, 2.24) is 5.43 Å². The predicted octanol–water partition coefficient (Wildman–Crippen LogP) is 7.87. The standard InChI is InChI=1S/C32H23BrClN3O5S/c1-18-3-13-25-27(15-18)43-29(28(25)34)31(39)36-23-9-4-19(5-10-23)30(38)37-35-17-21-16-22(33)8-14-26(21)42-32(40)20-6-11-24(41-2)12-7-20/h3-17H,1-2H3,(H,36,39)(H,37,38)/b35-17-. The normalized spacial score (nSPS) is 11.0. The van der Waals surface area contributed by atoms with Crippen LogP contribution in [-0.4, -0.2) is 31.1 Å². The second kappa shape index (κ2) is 13.2. The van der Waals surface area contributed by atoms with Gasteiger partial charge < -0.3 is 14.8 Å². The number of fused-ring (bicyclic) bond motifs is 1. The number of hydrogen-bond donors (Lipinski definition) is 2. The Morgan fingerprint density at radius 2 is 1.63 bits per heavy atom. The van der Waals surface area contributed by atoms with Gasteiger partial charge >= 0.3 is 5.97 Å². The van der Waals surface area contributed by atoms with Crippen LogP contribution in [0.5, 0.6) is 11.5 Å². The van der Waals surface area contributed by atoms with Crippen molar-refractivity contribution in [3.63, 3.8) is 0 Å². The highest BCUT2D eigenvalue weighted by Gasteiger charge is 2.18. The Hall–Kier alpha value is -4.51. The van der Waals surface area contributed by atoms with Crippen LogP contribution in [0.15, 0.2) is 94.5 Å². The van der Waals surface area contributed by atoms with Crippen LogP contribution in [0.2, 0.25) is 5.02 Å². The first kappa shape index (κ1) is 30.0. The Labute approximate surface area is 264 Å². The van der Waals surface area contributed by atoms with Gasteiger partial charge in [0.2, 0.25) is 0 Å². The monoisotopic (exact) mass is 675 g/mol. The fraction of sp³-hybridized carbons (Fsp3) is 0.0625. The third-order valence-electron chi connectivity index (χ3n) is 6.27. The lowest BCUT2D eigenvalue weighted by Gasteiger charge is -2.09. The molecular weight excluding hydrogens is 654 g/mol. The summed E-state index contributed by atoms with van der Waals surface area (Å²) in [6.45, 7) is 1.98. The van der Waals surface area contributed by atoms with E-state index in [2.05, 4.69) is 31.8 Å². The average molecular weight is 677 g/mol. The zero-order valence-electron chi connectivity index (χ0n) is 22.8. The minimum Gasteiger partial charge on any atom is -0.497 e. The number of rotatable bonds is 8.